The van der Waals surface area contributed by atoms with Crippen molar-refractivity contribution in [3.63, 3.8) is 0 Å². The van der Waals surface area contributed by atoms with Crippen LogP contribution >= 0.6 is 0 Å². The van der Waals surface area contributed by atoms with E-state index >= 15 is 0 Å². The zero-order chi connectivity index (χ0) is 17.6. The van der Waals surface area contributed by atoms with Crippen LogP contribution in [0.4, 0.5) is 8.78 Å². The number of aromatic nitrogens is 2. The number of aryl methyl sites for hydroxylation is 1. The first-order chi connectivity index (χ1) is 12.0. The molecular weight excluding hydrogens is 332 g/mol. The van der Waals surface area contributed by atoms with Gasteiger partial charge in [0.15, 0.2) is 0 Å². The van der Waals surface area contributed by atoms with E-state index in [2.05, 4.69) is 10.2 Å². The van der Waals surface area contributed by atoms with Crippen molar-refractivity contribution in [1.29, 1.82) is 0 Å². The highest BCUT2D eigenvalue weighted by Crippen LogP contribution is 2.43. The van der Waals surface area contributed by atoms with Crippen LogP contribution in [0.3, 0.4) is 0 Å². The first kappa shape index (κ1) is 16.1. The van der Waals surface area contributed by atoms with Crippen LogP contribution < -0.4 is 0 Å². The third-order valence-corrected chi connectivity index (χ3v) is 5.03. The molecule has 2 atom stereocenters. The van der Waals surface area contributed by atoms with Crippen molar-refractivity contribution in [2.75, 3.05) is 26.3 Å². The van der Waals surface area contributed by atoms with Gasteiger partial charge >= 0.3 is 0 Å². The minimum Gasteiger partial charge on any atom is -0.425 e. The molecule has 8 heteroatoms. The summed E-state index contributed by atoms with van der Waals surface area (Å²) in [4.78, 5) is 14.3. The average molecular weight is 349 g/mol. The highest BCUT2D eigenvalue weighted by molar-refractivity contribution is 5.79. The molecular formula is C17H17F2N3O3. The summed E-state index contributed by atoms with van der Waals surface area (Å²) in [6.07, 6.45) is -0.184. The van der Waals surface area contributed by atoms with Gasteiger partial charge in [0, 0.05) is 31.5 Å². The molecule has 0 bridgehead atoms. The molecule has 1 amide bonds. The van der Waals surface area contributed by atoms with Crippen molar-refractivity contribution in [3.05, 3.63) is 47.2 Å². The second-order valence-corrected chi connectivity index (χ2v) is 6.68. The minimum absolute atomic E-state index is 0.0497. The lowest BCUT2D eigenvalue weighted by Crippen LogP contribution is -2.38. The fourth-order valence-electron chi connectivity index (χ4n) is 3.68. The Labute approximate surface area is 142 Å². The molecule has 2 saturated heterocycles. The Morgan fingerprint density at radius 2 is 2.24 bits per heavy atom. The van der Waals surface area contributed by atoms with E-state index in [1.54, 1.807) is 11.8 Å². The third kappa shape index (κ3) is 2.70. The van der Waals surface area contributed by atoms with Gasteiger partial charge in [0.25, 0.3) is 0 Å². The number of ether oxygens (including phenoxy) is 1. The second kappa shape index (κ2) is 5.87. The number of carbonyl (C=O) groups excluding carboxylic acids is 1. The molecule has 2 aliphatic heterocycles. The summed E-state index contributed by atoms with van der Waals surface area (Å²) in [6, 6.07) is 3.13. The Bertz CT molecular complexity index is 825. The maximum absolute atomic E-state index is 13.8. The van der Waals surface area contributed by atoms with E-state index in [1.165, 1.54) is 0 Å². The lowest BCUT2D eigenvalue weighted by atomic mass is 9.81. The lowest BCUT2D eigenvalue weighted by molar-refractivity contribution is -0.130. The Balaban J connectivity index is 1.55. The fourth-order valence-corrected chi connectivity index (χ4v) is 3.68. The first-order valence-corrected chi connectivity index (χ1v) is 8.08. The number of benzene rings is 1. The van der Waals surface area contributed by atoms with E-state index in [4.69, 9.17) is 9.15 Å². The molecule has 6 nitrogen and oxygen atoms in total. The summed E-state index contributed by atoms with van der Waals surface area (Å²) in [5.74, 6) is -0.419. The van der Waals surface area contributed by atoms with Crippen molar-refractivity contribution >= 4 is 5.91 Å². The Morgan fingerprint density at radius 1 is 1.40 bits per heavy atom. The van der Waals surface area contributed by atoms with Gasteiger partial charge in [0.05, 0.1) is 25.0 Å². The van der Waals surface area contributed by atoms with E-state index in [0.717, 1.165) is 18.2 Å². The second-order valence-electron chi connectivity index (χ2n) is 6.68. The molecule has 2 fully saturated rings. The van der Waals surface area contributed by atoms with E-state index in [9.17, 15) is 13.6 Å². The number of halogens is 2. The fraction of sp³-hybridized carbons (Fsp3) is 0.471. The third-order valence-electron chi connectivity index (χ3n) is 5.03. The van der Waals surface area contributed by atoms with Crippen LogP contribution in [0.1, 0.15) is 17.3 Å². The van der Waals surface area contributed by atoms with Crippen molar-refractivity contribution in [2.24, 2.45) is 5.92 Å². The first-order valence-electron chi connectivity index (χ1n) is 8.08. The molecule has 0 unspecified atom stereocenters. The molecule has 1 aromatic carbocycles. The topological polar surface area (TPSA) is 68.5 Å². The predicted molar refractivity (Wildman–Crippen MR) is 81.7 cm³/mol. The van der Waals surface area contributed by atoms with Crippen LogP contribution in [0.2, 0.25) is 0 Å². The van der Waals surface area contributed by atoms with Gasteiger partial charge in [-0.3, -0.25) is 4.79 Å². The molecule has 3 heterocycles. The van der Waals surface area contributed by atoms with Crippen molar-refractivity contribution in [3.8, 4) is 0 Å². The Kier molecular flexibility index (Phi) is 3.79. The maximum Gasteiger partial charge on any atom is 0.227 e. The molecule has 0 spiro atoms. The summed E-state index contributed by atoms with van der Waals surface area (Å²) >= 11 is 0. The molecule has 2 aliphatic rings. The quantitative estimate of drug-likeness (QED) is 0.842. The van der Waals surface area contributed by atoms with E-state index in [0.29, 0.717) is 38.1 Å². The van der Waals surface area contributed by atoms with Gasteiger partial charge in [-0.2, -0.15) is 0 Å². The minimum atomic E-state index is -0.584. The largest absolute Gasteiger partial charge is 0.425 e. The number of carbonyl (C=O) groups is 1. The summed E-state index contributed by atoms with van der Waals surface area (Å²) in [5.41, 5.74) is -0.460. The normalized spacial score (nSPS) is 25.4. The van der Waals surface area contributed by atoms with Gasteiger partial charge in [0.2, 0.25) is 17.7 Å². The van der Waals surface area contributed by atoms with Crippen molar-refractivity contribution < 1.29 is 22.7 Å². The maximum atomic E-state index is 13.8. The monoisotopic (exact) mass is 349 g/mol. The Morgan fingerprint density at radius 3 is 3.00 bits per heavy atom. The van der Waals surface area contributed by atoms with Gasteiger partial charge in [-0.15, -0.1) is 10.2 Å². The molecule has 0 aliphatic carbocycles. The summed E-state index contributed by atoms with van der Waals surface area (Å²) < 4.78 is 38.3. The van der Waals surface area contributed by atoms with Crippen LogP contribution in [0.15, 0.2) is 22.6 Å². The number of fused-ring (bicyclic) bond motifs is 1. The van der Waals surface area contributed by atoms with Crippen LogP contribution in [0.5, 0.6) is 0 Å². The molecule has 2 aromatic rings. The zero-order valence-corrected chi connectivity index (χ0v) is 13.7. The highest BCUT2D eigenvalue weighted by atomic mass is 19.1. The van der Waals surface area contributed by atoms with Gasteiger partial charge in [0.1, 0.15) is 11.6 Å². The number of hydrogen-bond acceptors (Lipinski definition) is 5. The highest BCUT2D eigenvalue weighted by Gasteiger charge is 2.56. The van der Waals surface area contributed by atoms with Gasteiger partial charge in [-0.25, -0.2) is 8.78 Å². The van der Waals surface area contributed by atoms with Gasteiger partial charge in [-0.05, 0) is 18.2 Å². The smallest absolute Gasteiger partial charge is 0.227 e. The number of amides is 1. The summed E-state index contributed by atoms with van der Waals surface area (Å²) in [7, 11) is 0. The van der Waals surface area contributed by atoms with Gasteiger partial charge < -0.3 is 14.1 Å². The van der Waals surface area contributed by atoms with E-state index in [-0.39, 0.29) is 23.8 Å². The molecule has 0 radical (unpaired) electrons. The van der Waals surface area contributed by atoms with Crippen molar-refractivity contribution in [2.45, 2.75) is 18.8 Å². The van der Waals surface area contributed by atoms with Crippen LogP contribution in [-0.4, -0.2) is 47.3 Å². The molecule has 0 saturated carbocycles. The van der Waals surface area contributed by atoms with Gasteiger partial charge in [-0.1, -0.05) is 0 Å². The number of hydrogen-bond donors (Lipinski definition) is 0. The van der Waals surface area contributed by atoms with E-state index in [1.807, 2.05) is 0 Å². The van der Waals surface area contributed by atoms with Crippen LogP contribution in [0, 0.1) is 24.5 Å². The molecule has 1 aromatic heterocycles. The molecule has 132 valence electrons. The molecule has 0 N–H and O–H groups in total. The number of nitrogens with zero attached hydrogens (tertiary/aromatic N) is 3. The SMILES string of the molecule is Cc1nnc([C@@]23COC[C@@H]2CN(C(=O)Cc2cc(F)ccc2F)C3)o1. The molecule has 25 heavy (non-hydrogen) atoms. The van der Waals surface area contributed by atoms with Crippen molar-refractivity contribution in [1.82, 2.24) is 15.1 Å². The molecule has 4 rings (SSSR count). The van der Waals surface area contributed by atoms with Crippen LogP contribution in [0.25, 0.3) is 0 Å². The van der Waals surface area contributed by atoms with E-state index < -0.39 is 17.0 Å². The number of likely N-dealkylation sites (tertiary alicyclic amines) is 1. The average Bonchev–Trinajstić information content (AvgIpc) is 3.24. The number of rotatable bonds is 3. The lowest BCUT2D eigenvalue weighted by Gasteiger charge is -2.23. The zero-order valence-electron chi connectivity index (χ0n) is 13.7. The van der Waals surface area contributed by atoms with Crippen LogP contribution in [-0.2, 0) is 21.4 Å². The predicted octanol–water partition coefficient (Wildman–Crippen LogP) is 1.63. The summed E-state index contributed by atoms with van der Waals surface area (Å²) in [5, 5.41) is 8.00. The standard InChI is InChI=1S/C17H17F2N3O3/c1-10-20-21-16(25-10)17-8-22(6-12(17)7-24-9-17)15(23)5-11-4-13(18)2-3-14(11)19/h2-4,12H,5-9H2,1H3/t12-,17-/m0/s1. The summed E-state index contributed by atoms with van der Waals surface area (Å²) in [6.45, 7) is 3.45. The Hall–Kier alpha value is -2.35.